The van der Waals surface area contributed by atoms with Gasteiger partial charge in [-0.2, -0.15) is 0 Å². The number of Topliss-reactive ketones (excluding diaryl/α,β-unsaturated/α-hetero) is 1. The normalized spacial score (nSPS) is 17.0. The molecule has 3 N–H and O–H groups in total. The minimum absolute atomic E-state index is 0.115. The number of hydrogen-bond donors (Lipinski definition) is 2. The van der Waals surface area contributed by atoms with Crippen molar-refractivity contribution in [1.29, 1.82) is 5.41 Å². The summed E-state index contributed by atoms with van der Waals surface area (Å²) in [5.74, 6) is 1.69. The van der Waals surface area contributed by atoms with Gasteiger partial charge in [0.2, 0.25) is 0 Å². The molecule has 0 amide bonds. The lowest BCUT2D eigenvalue weighted by atomic mass is 9.83. The number of carbonyl (C=O) groups is 1. The molecule has 5 heteroatoms. The molecule has 176 valence electrons. The monoisotopic (exact) mass is 456 g/mol. The third-order valence-corrected chi connectivity index (χ3v) is 6.23. The highest BCUT2D eigenvalue weighted by atomic mass is 16.5. The maximum Gasteiger partial charge on any atom is 0.181 e. The number of hydrogen-bond acceptors (Lipinski definition) is 4. The Hall–Kier alpha value is -3.60. The minimum atomic E-state index is -0.518. The molecule has 0 radical (unpaired) electrons. The topological polar surface area (TPSA) is 85.4 Å². The van der Waals surface area contributed by atoms with E-state index in [1.165, 1.54) is 11.1 Å². The third kappa shape index (κ3) is 6.04. The number of benzene rings is 3. The molecule has 34 heavy (non-hydrogen) atoms. The van der Waals surface area contributed by atoms with Crippen LogP contribution in [0, 0.1) is 12.3 Å². The Bertz CT molecular complexity index is 1140. The summed E-state index contributed by atoms with van der Waals surface area (Å²) in [6, 6.07) is 24.2. The average Bonchev–Trinajstić information content (AvgIpc) is 2.82. The molecule has 0 fully saturated rings. The van der Waals surface area contributed by atoms with E-state index in [1.54, 1.807) is 0 Å². The van der Waals surface area contributed by atoms with Crippen molar-refractivity contribution in [2.24, 2.45) is 5.73 Å². The zero-order valence-corrected chi connectivity index (χ0v) is 19.6. The van der Waals surface area contributed by atoms with Gasteiger partial charge in [-0.25, -0.2) is 0 Å². The minimum Gasteiger partial charge on any atom is -0.493 e. The van der Waals surface area contributed by atoms with E-state index >= 15 is 0 Å². The van der Waals surface area contributed by atoms with Gasteiger partial charge in [0.1, 0.15) is 11.5 Å². The molecule has 2 unspecified atom stereocenters. The molecule has 1 heterocycles. The number of rotatable bonds is 10. The van der Waals surface area contributed by atoms with Crippen LogP contribution in [0.4, 0.5) is 0 Å². The zero-order chi connectivity index (χ0) is 23.9. The van der Waals surface area contributed by atoms with E-state index in [9.17, 15) is 4.79 Å². The number of fused-ring (bicyclic) bond motifs is 1. The van der Waals surface area contributed by atoms with Crippen LogP contribution in [0.1, 0.15) is 47.4 Å². The maximum absolute atomic E-state index is 13.4. The highest BCUT2D eigenvalue weighted by molar-refractivity contribution is 5.92. The quantitative estimate of drug-likeness (QED) is 0.317. The van der Waals surface area contributed by atoms with Gasteiger partial charge in [0.15, 0.2) is 11.9 Å². The SMILES string of the molecule is Cc1cccc(CC2C(=O)C(CCOc3ccc(CCCC(=N)N)cc3)Oc3ccccc32)c1. The highest BCUT2D eigenvalue weighted by Crippen LogP contribution is 2.37. The molecule has 0 aromatic heterocycles. The summed E-state index contributed by atoms with van der Waals surface area (Å²) in [7, 11) is 0. The zero-order valence-electron chi connectivity index (χ0n) is 19.6. The van der Waals surface area contributed by atoms with E-state index in [1.807, 2.05) is 54.6 Å². The second-order valence-corrected chi connectivity index (χ2v) is 8.95. The predicted octanol–water partition coefficient (Wildman–Crippen LogP) is 5.38. The van der Waals surface area contributed by atoms with Crippen LogP contribution in [0.15, 0.2) is 72.8 Å². The van der Waals surface area contributed by atoms with Gasteiger partial charge in [-0.15, -0.1) is 0 Å². The first-order valence-corrected chi connectivity index (χ1v) is 11.9. The van der Waals surface area contributed by atoms with Crippen LogP contribution in [0.25, 0.3) is 0 Å². The Balaban J connectivity index is 1.37. The van der Waals surface area contributed by atoms with Crippen LogP contribution in [0.2, 0.25) is 0 Å². The van der Waals surface area contributed by atoms with Gasteiger partial charge in [0.25, 0.3) is 0 Å². The van der Waals surface area contributed by atoms with Crippen LogP contribution in [0.5, 0.6) is 11.5 Å². The number of amidine groups is 1. The Morgan fingerprint density at radius 3 is 2.59 bits per heavy atom. The van der Waals surface area contributed by atoms with Crippen molar-refractivity contribution >= 4 is 11.6 Å². The largest absolute Gasteiger partial charge is 0.493 e. The number of nitrogens with one attached hydrogen (secondary N) is 1. The van der Waals surface area contributed by atoms with E-state index in [0.29, 0.717) is 25.9 Å². The molecule has 0 saturated carbocycles. The molecule has 0 bridgehead atoms. The summed E-state index contributed by atoms with van der Waals surface area (Å²) in [4.78, 5) is 13.4. The van der Waals surface area contributed by atoms with Gasteiger partial charge in [-0.1, -0.05) is 60.2 Å². The first-order chi connectivity index (χ1) is 16.5. The maximum atomic E-state index is 13.4. The second-order valence-electron chi connectivity index (χ2n) is 8.95. The number of aryl methyl sites for hydroxylation is 2. The van der Waals surface area contributed by atoms with Crippen LogP contribution < -0.4 is 15.2 Å². The molecule has 0 aliphatic carbocycles. The van der Waals surface area contributed by atoms with Gasteiger partial charge in [-0.3, -0.25) is 10.2 Å². The third-order valence-electron chi connectivity index (χ3n) is 6.23. The van der Waals surface area contributed by atoms with E-state index < -0.39 is 6.10 Å². The Labute approximate surface area is 201 Å². The molecule has 1 aliphatic heterocycles. The highest BCUT2D eigenvalue weighted by Gasteiger charge is 2.36. The van der Waals surface area contributed by atoms with E-state index in [0.717, 1.165) is 35.5 Å². The molecular formula is C29H32N2O3. The lowest BCUT2D eigenvalue weighted by Crippen LogP contribution is -2.38. The van der Waals surface area contributed by atoms with Crippen molar-refractivity contribution in [3.63, 3.8) is 0 Å². The number of carbonyl (C=O) groups excluding carboxylic acids is 1. The number of ketones is 1. The van der Waals surface area contributed by atoms with Crippen molar-refractivity contribution < 1.29 is 14.3 Å². The summed E-state index contributed by atoms with van der Waals surface area (Å²) in [5.41, 5.74) is 9.92. The van der Waals surface area contributed by atoms with Crippen LogP contribution >= 0.6 is 0 Å². The van der Waals surface area contributed by atoms with Gasteiger partial charge in [-0.05, 0) is 55.5 Å². The molecule has 3 aromatic rings. The van der Waals surface area contributed by atoms with Crippen molar-refractivity contribution in [3.05, 3.63) is 95.1 Å². The number of para-hydroxylation sites is 1. The second kappa shape index (κ2) is 11.0. The molecule has 1 aliphatic rings. The summed E-state index contributed by atoms with van der Waals surface area (Å²) >= 11 is 0. The van der Waals surface area contributed by atoms with Gasteiger partial charge in [0.05, 0.1) is 18.4 Å². The first-order valence-electron chi connectivity index (χ1n) is 11.9. The van der Waals surface area contributed by atoms with E-state index in [4.69, 9.17) is 20.6 Å². The van der Waals surface area contributed by atoms with E-state index in [2.05, 4.69) is 25.1 Å². The van der Waals surface area contributed by atoms with Crippen molar-refractivity contribution in [2.45, 2.75) is 51.0 Å². The van der Waals surface area contributed by atoms with Gasteiger partial charge in [0, 0.05) is 18.4 Å². The van der Waals surface area contributed by atoms with Gasteiger partial charge >= 0.3 is 0 Å². The molecular weight excluding hydrogens is 424 g/mol. The predicted molar refractivity (Wildman–Crippen MR) is 135 cm³/mol. The summed E-state index contributed by atoms with van der Waals surface area (Å²) < 4.78 is 12.0. The molecule has 0 spiro atoms. The van der Waals surface area contributed by atoms with Crippen molar-refractivity contribution in [3.8, 4) is 11.5 Å². The fraction of sp³-hybridized carbons (Fsp3) is 0.310. The summed E-state index contributed by atoms with van der Waals surface area (Å²) in [6.45, 7) is 2.47. The Morgan fingerprint density at radius 2 is 1.82 bits per heavy atom. The number of ether oxygens (including phenoxy) is 2. The van der Waals surface area contributed by atoms with Crippen LogP contribution in [-0.4, -0.2) is 24.3 Å². The van der Waals surface area contributed by atoms with Gasteiger partial charge < -0.3 is 15.2 Å². The lowest BCUT2D eigenvalue weighted by Gasteiger charge is -2.31. The first kappa shape index (κ1) is 23.6. The molecule has 0 saturated heterocycles. The molecule has 2 atom stereocenters. The smallest absolute Gasteiger partial charge is 0.181 e. The fourth-order valence-electron chi connectivity index (χ4n) is 4.47. The average molecular weight is 457 g/mol. The molecule has 3 aromatic carbocycles. The molecule has 4 rings (SSSR count). The van der Waals surface area contributed by atoms with Crippen molar-refractivity contribution in [2.75, 3.05) is 6.61 Å². The summed E-state index contributed by atoms with van der Waals surface area (Å²) in [5, 5.41) is 7.31. The van der Waals surface area contributed by atoms with Crippen LogP contribution in [0.3, 0.4) is 0 Å². The number of nitrogens with two attached hydrogens (primary N) is 1. The van der Waals surface area contributed by atoms with E-state index in [-0.39, 0.29) is 17.5 Å². The van der Waals surface area contributed by atoms with Crippen molar-refractivity contribution in [1.82, 2.24) is 0 Å². The van der Waals surface area contributed by atoms with Crippen LogP contribution in [-0.2, 0) is 17.6 Å². The summed E-state index contributed by atoms with van der Waals surface area (Å²) in [6.07, 6.45) is 3.01. The standard InChI is InChI=1S/C29H32N2O3/c1-20-6-4-8-22(18-20)19-25-24-9-2-3-10-26(24)34-27(29(25)32)16-17-33-23-14-12-21(13-15-23)7-5-11-28(30)31/h2-4,6,8-10,12-15,18,25,27H,5,7,11,16-17,19H2,1H3,(H3,30,31). The Morgan fingerprint density at radius 1 is 1.03 bits per heavy atom. The lowest BCUT2D eigenvalue weighted by molar-refractivity contribution is -0.129. The Kier molecular flexibility index (Phi) is 7.63. The molecule has 5 nitrogen and oxygen atoms in total. The fourth-order valence-corrected chi connectivity index (χ4v) is 4.47.